The molecule has 6 nitrogen and oxygen atoms in total. The summed E-state index contributed by atoms with van der Waals surface area (Å²) in [6.07, 6.45) is 5.16. The van der Waals surface area contributed by atoms with Crippen LogP contribution in [0.25, 0.3) is 0 Å². The largest absolute Gasteiger partial charge is 0.454 e. The maximum absolute atomic E-state index is 12.2. The van der Waals surface area contributed by atoms with Crippen molar-refractivity contribution in [3.8, 4) is 11.5 Å². The second-order valence-electron chi connectivity index (χ2n) is 7.29. The van der Waals surface area contributed by atoms with Gasteiger partial charge in [-0.15, -0.1) is 0 Å². The second kappa shape index (κ2) is 8.97. The number of rotatable bonds is 6. The lowest BCUT2D eigenvalue weighted by molar-refractivity contribution is -0.115. The van der Waals surface area contributed by atoms with Gasteiger partial charge < -0.3 is 25.0 Å². The Morgan fingerprint density at radius 3 is 2.46 bits per heavy atom. The van der Waals surface area contributed by atoms with E-state index in [0.717, 1.165) is 35.8 Å². The van der Waals surface area contributed by atoms with E-state index in [1.807, 2.05) is 30.3 Å². The minimum Gasteiger partial charge on any atom is -0.454 e. The fourth-order valence-corrected chi connectivity index (χ4v) is 3.66. The molecule has 0 aliphatic carbocycles. The molecular weight excluding hydrogens is 354 g/mol. The van der Waals surface area contributed by atoms with E-state index in [1.165, 1.54) is 31.4 Å². The highest BCUT2D eigenvalue weighted by Crippen LogP contribution is 2.32. The highest BCUT2D eigenvalue weighted by Gasteiger charge is 2.13. The Bertz CT molecular complexity index is 799. The topological polar surface area (TPSA) is 62.8 Å². The van der Waals surface area contributed by atoms with E-state index >= 15 is 0 Å². The van der Waals surface area contributed by atoms with Crippen molar-refractivity contribution in [3.63, 3.8) is 0 Å². The molecule has 2 heterocycles. The van der Waals surface area contributed by atoms with Gasteiger partial charge in [-0.3, -0.25) is 4.79 Å². The van der Waals surface area contributed by atoms with Gasteiger partial charge in [0.2, 0.25) is 12.7 Å². The van der Waals surface area contributed by atoms with E-state index in [2.05, 4.69) is 27.7 Å². The summed E-state index contributed by atoms with van der Waals surface area (Å²) in [4.78, 5) is 14.6. The molecule has 1 amide bonds. The maximum Gasteiger partial charge on any atom is 0.238 e. The predicted octanol–water partition coefficient (Wildman–Crippen LogP) is 3.52. The fourth-order valence-electron chi connectivity index (χ4n) is 3.66. The first-order valence-electron chi connectivity index (χ1n) is 10.0. The Morgan fingerprint density at radius 1 is 0.929 bits per heavy atom. The number of anilines is 2. The third-order valence-electron chi connectivity index (χ3n) is 5.17. The number of hydrogen-bond donors (Lipinski definition) is 2. The number of amides is 1. The van der Waals surface area contributed by atoms with Gasteiger partial charge in [0, 0.05) is 31.0 Å². The Balaban J connectivity index is 1.23. The van der Waals surface area contributed by atoms with Crippen LogP contribution < -0.4 is 25.0 Å². The lowest BCUT2D eigenvalue weighted by Gasteiger charge is -2.22. The van der Waals surface area contributed by atoms with Gasteiger partial charge >= 0.3 is 0 Å². The van der Waals surface area contributed by atoms with Crippen molar-refractivity contribution in [1.29, 1.82) is 0 Å². The summed E-state index contributed by atoms with van der Waals surface area (Å²) in [5.74, 6) is 1.47. The van der Waals surface area contributed by atoms with Crippen molar-refractivity contribution in [2.24, 2.45) is 0 Å². The van der Waals surface area contributed by atoms with E-state index in [-0.39, 0.29) is 19.2 Å². The van der Waals surface area contributed by atoms with Crippen LogP contribution >= 0.6 is 0 Å². The zero-order valence-electron chi connectivity index (χ0n) is 16.1. The van der Waals surface area contributed by atoms with E-state index in [0.29, 0.717) is 6.54 Å². The van der Waals surface area contributed by atoms with Crippen molar-refractivity contribution in [1.82, 2.24) is 5.32 Å². The molecular formula is C22H27N3O3. The van der Waals surface area contributed by atoms with Crippen LogP contribution in [0.1, 0.15) is 31.2 Å². The summed E-state index contributed by atoms with van der Waals surface area (Å²) in [6, 6.07) is 14.0. The molecule has 1 fully saturated rings. The van der Waals surface area contributed by atoms with Crippen molar-refractivity contribution >= 4 is 17.3 Å². The number of fused-ring (bicyclic) bond motifs is 1. The molecule has 0 unspecified atom stereocenters. The predicted molar refractivity (Wildman–Crippen MR) is 110 cm³/mol. The summed E-state index contributed by atoms with van der Waals surface area (Å²) in [5.41, 5.74) is 3.12. The average Bonchev–Trinajstić information content (AvgIpc) is 3.00. The molecule has 2 aromatic carbocycles. The first kappa shape index (κ1) is 18.6. The number of carbonyl (C=O) groups is 1. The van der Waals surface area contributed by atoms with Crippen LogP contribution in [-0.4, -0.2) is 32.3 Å². The smallest absolute Gasteiger partial charge is 0.238 e. The molecule has 2 aromatic rings. The van der Waals surface area contributed by atoms with Gasteiger partial charge in [-0.25, -0.2) is 0 Å². The summed E-state index contributed by atoms with van der Waals surface area (Å²) in [7, 11) is 0. The van der Waals surface area contributed by atoms with Crippen LogP contribution in [0, 0.1) is 0 Å². The molecule has 28 heavy (non-hydrogen) atoms. The van der Waals surface area contributed by atoms with Gasteiger partial charge in [-0.2, -0.15) is 0 Å². The summed E-state index contributed by atoms with van der Waals surface area (Å²) in [5, 5.41) is 6.11. The van der Waals surface area contributed by atoms with Crippen molar-refractivity contribution in [3.05, 3.63) is 48.0 Å². The molecule has 6 heteroatoms. The summed E-state index contributed by atoms with van der Waals surface area (Å²) >= 11 is 0. The van der Waals surface area contributed by atoms with E-state index in [1.54, 1.807) is 0 Å². The number of carbonyl (C=O) groups excluding carboxylic acids is 1. The Morgan fingerprint density at radius 2 is 1.68 bits per heavy atom. The van der Waals surface area contributed by atoms with Gasteiger partial charge in [-0.05, 0) is 54.8 Å². The Labute approximate surface area is 165 Å². The lowest BCUT2D eigenvalue weighted by Crippen LogP contribution is -2.27. The molecule has 2 aliphatic heterocycles. The normalized spacial score (nSPS) is 15.9. The number of ether oxygens (including phenoxy) is 2. The molecule has 2 N–H and O–H groups in total. The van der Waals surface area contributed by atoms with Gasteiger partial charge in [0.15, 0.2) is 11.5 Å². The fraction of sp³-hybridized carbons (Fsp3) is 0.409. The first-order valence-corrected chi connectivity index (χ1v) is 10.0. The van der Waals surface area contributed by atoms with E-state index in [4.69, 9.17) is 9.47 Å². The summed E-state index contributed by atoms with van der Waals surface area (Å²) < 4.78 is 10.7. The van der Waals surface area contributed by atoms with Crippen LogP contribution in [0.5, 0.6) is 11.5 Å². The maximum atomic E-state index is 12.2. The molecule has 0 spiro atoms. The van der Waals surface area contributed by atoms with Gasteiger partial charge in [0.25, 0.3) is 0 Å². The lowest BCUT2D eigenvalue weighted by atomic mass is 10.2. The molecule has 0 aromatic heterocycles. The molecule has 2 aliphatic rings. The van der Waals surface area contributed by atoms with Gasteiger partial charge in [-0.1, -0.05) is 18.9 Å². The standard InChI is InChI=1S/C22H27N3O3/c26-22(15-23-14-17-5-10-20-21(13-17)28-16-27-20)24-18-6-8-19(9-7-18)25-11-3-1-2-4-12-25/h5-10,13,23H,1-4,11-12,14-16H2,(H,24,26). The van der Waals surface area contributed by atoms with Crippen LogP contribution in [0.15, 0.2) is 42.5 Å². The molecule has 0 radical (unpaired) electrons. The molecule has 1 saturated heterocycles. The first-order chi connectivity index (χ1) is 13.8. The van der Waals surface area contributed by atoms with Crippen molar-refractivity contribution in [2.75, 3.05) is 36.6 Å². The quantitative estimate of drug-likeness (QED) is 0.802. The molecule has 4 rings (SSSR count). The summed E-state index contributed by atoms with van der Waals surface area (Å²) in [6.45, 7) is 3.36. The van der Waals surface area contributed by atoms with Crippen molar-refractivity contribution < 1.29 is 14.3 Å². The number of hydrogen-bond acceptors (Lipinski definition) is 5. The highest BCUT2D eigenvalue weighted by molar-refractivity contribution is 5.92. The number of nitrogens with zero attached hydrogens (tertiary/aromatic N) is 1. The minimum atomic E-state index is -0.0525. The van der Waals surface area contributed by atoms with Crippen LogP contribution in [0.4, 0.5) is 11.4 Å². The van der Waals surface area contributed by atoms with Gasteiger partial charge in [0.05, 0.1) is 6.54 Å². The van der Waals surface area contributed by atoms with E-state index in [9.17, 15) is 4.79 Å². The van der Waals surface area contributed by atoms with Gasteiger partial charge in [0.1, 0.15) is 0 Å². The average molecular weight is 381 g/mol. The molecule has 0 saturated carbocycles. The zero-order valence-corrected chi connectivity index (χ0v) is 16.1. The highest BCUT2D eigenvalue weighted by atomic mass is 16.7. The Hall–Kier alpha value is -2.73. The molecule has 0 bridgehead atoms. The number of benzene rings is 2. The second-order valence-corrected chi connectivity index (χ2v) is 7.29. The molecule has 0 atom stereocenters. The number of nitrogens with one attached hydrogen (secondary N) is 2. The molecule has 148 valence electrons. The van der Waals surface area contributed by atoms with Crippen molar-refractivity contribution in [2.45, 2.75) is 32.2 Å². The van der Waals surface area contributed by atoms with Crippen LogP contribution in [0.3, 0.4) is 0 Å². The Kier molecular flexibility index (Phi) is 5.97. The monoisotopic (exact) mass is 381 g/mol. The van der Waals surface area contributed by atoms with Crippen LogP contribution in [0.2, 0.25) is 0 Å². The minimum absolute atomic E-state index is 0.0525. The SMILES string of the molecule is O=C(CNCc1ccc2c(c1)OCO2)Nc1ccc(N2CCCCCC2)cc1. The zero-order chi connectivity index (χ0) is 19.2. The van der Waals surface area contributed by atoms with Crippen LogP contribution in [-0.2, 0) is 11.3 Å². The third-order valence-corrected chi connectivity index (χ3v) is 5.17. The third kappa shape index (κ3) is 4.75. The van der Waals surface area contributed by atoms with E-state index < -0.39 is 0 Å².